The second-order valence-electron chi connectivity index (χ2n) is 2.98. The largest absolute Gasteiger partial charge is 0.481 e. The summed E-state index contributed by atoms with van der Waals surface area (Å²) in [5.41, 5.74) is 6.81. The lowest BCUT2D eigenvalue weighted by Gasteiger charge is -2.13. The van der Waals surface area contributed by atoms with Crippen LogP contribution >= 0.6 is 0 Å². The van der Waals surface area contributed by atoms with Crippen molar-refractivity contribution in [2.24, 2.45) is 5.73 Å². The number of hydrogen-bond acceptors (Lipinski definition) is 3. The van der Waals surface area contributed by atoms with Crippen molar-refractivity contribution in [2.75, 3.05) is 6.61 Å². The summed E-state index contributed by atoms with van der Waals surface area (Å²) >= 11 is 0. The van der Waals surface area contributed by atoms with Crippen LogP contribution in [0.2, 0.25) is 0 Å². The van der Waals surface area contributed by atoms with Crippen molar-refractivity contribution in [1.82, 2.24) is 0 Å². The highest BCUT2D eigenvalue weighted by molar-refractivity contribution is 5.76. The Hall–Kier alpha value is -1.39. The fourth-order valence-electron chi connectivity index (χ4n) is 1.37. The number of hydrogen-bond donors (Lipinski definition) is 3. The maximum absolute atomic E-state index is 10.8. The van der Waals surface area contributed by atoms with E-state index in [4.69, 9.17) is 15.9 Å². The lowest BCUT2D eigenvalue weighted by Crippen LogP contribution is -2.18. The summed E-state index contributed by atoms with van der Waals surface area (Å²) in [5, 5.41) is 17.8. The Morgan fingerprint density at radius 1 is 1.43 bits per heavy atom. The first-order chi connectivity index (χ1) is 6.70. The summed E-state index contributed by atoms with van der Waals surface area (Å²) in [7, 11) is 0. The molecule has 4 heteroatoms. The van der Waals surface area contributed by atoms with Gasteiger partial charge in [0.25, 0.3) is 0 Å². The minimum atomic E-state index is -1.03. The normalized spacial score (nSPS) is 12.4. The summed E-state index contributed by atoms with van der Waals surface area (Å²) in [5.74, 6) is -1.91. The van der Waals surface area contributed by atoms with Crippen LogP contribution in [-0.2, 0) is 11.3 Å². The molecule has 0 aliphatic carbocycles. The highest BCUT2D eigenvalue weighted by Gasteiger charge is 2.20. The molecule has 0 fully saturated rings. The van der Waals surface area contributed by atoms with E-state index < -0.39 is 18.5 Å². The molecule has 0 heterocycles. The van der Waals surface area contributed by atoms with Gasteiger partial charge in [-0.15, -0.1) is 0 Å². The molecule has 1 aromatic rings. The number of carboxylic acids is 1. The van der Waals surface area contributed by atoms with Crippen LogP contribution in [0.5, 0.6) is 0 Å². The van der Waals surface area contributed by atoms with Crippen molar-refractivity contribution in [3.05, 3.63) is 35.4 Å². The maximum atomic E-state index is 10.8. The summed E-state index contributed by atoms with van der Waals surface area (Å²) in [6.45, 7) is -0.133. The quantitative estimate of drug-likeness (QED) is 0.645. The van der Waals surface area contributed by atoms with Gasteiger partial charge in [0, 0.05) is 6.54 Å². The second kappa shape index (κ2) is 4.74. The van der Waals surface area contributed by atoms with E-state index in [2.05, 4.69) is 0 Å². The van der Waals surface area contributed by atoms with Gasteiger partial charge in [-0.25, -0.2) is 0 Å². The van der Waals surface area contributed by atoms with Gasteiger partial charge in [-0.1, -0.05) is 24.3 Å². The van der Waals surface area contributed by atoms with Crippen molar-refractivity contribution in [3.8, 4) is 0 Å². The number of rotatable bonds is 4. The third-order valence-electron chi connectivity index (χ3n) is 2.13. The van der Waals surface area contributed by atoms with Crippen molar-refractivity contribution < 1.29 is 15.0 Å². The number of aliphatic hydroxyl groups excluding tert-OH is 1. The van der Waals surface area contributed by atoms with Crippen LogP contribution in [0.15, 0.2) is 24.3 Å². The van der Waals surface area contributed by atoms with Crippen molar-refractivity contribution >= 4 is 5.97 Å². The molecule has 0 aliphatic heterocycles. The third-order valence-corrected chi connectivity index (χ3v) is 2.13. The number of aliphatic hydroxyl groups is 1. The second-order valence-corrected chi connectivity index (χ2v) is 2.98. The van der Waals surface area contributed by atoms with Gasteiger partial charge in [0.1, 0.15) is 5.92 Å². The topological polar surface area (TPSA) is 83.5 Å². The molecule has 0 radical (unpaired) electrons. The van der Waals surface area contributed by atoms with Gasteiger partial charge >= 0.3 is 5.97 Å². The predicted molar refractivity (Wildman–Crippen MR) is 51.8 cm³/mol. The molecule has 0 aliphatic rings. The van der Waals surface area contributed by atoms with E-state index in [1.807, 2.05) is 0 Å². The zero-order chi connectivity index (χ0) is 10.6. The van der Waals surface area contributed by atoms with Gasteiger partial charge in [0.05, 0.1) is 6.61 Å². The summed E-state index contributed by atoms with van der Waals surface area (Å²) in [6, 6.07) is 6.97. The highest BCUT2D eigenvalue weighted by Crippen LogP contribution is 2.19. The Morgan fingerprint density at radius 3 is 2.57 bits per heavy atom. The number of carboxylic acid groups (broad SMARTS) is 1. The van der Waals surface area contributed by atoms with E-state index in [0.717, 1.165) is 5.56 Å². The molecule has 4 N–H and O–H groups in total. The van der Waals surface area contributed by atoms with E-state index in [1.165, 1.54) is 0 Å². The molecule has 4 nitrogen and oxygen atoms in total. The Labute approximate surface area is 82.0 Å². The summed E-state index contributed by atoms with van der Waals surface area (Å²) in [6.07, 6.45) is 0. The van der Waals surface area contributed by atoms with Gasteiger partial charge in [0.15, 0.2) is 0 Å². The Balaban J connectivity index is 3.08. The van der Waals surface area contributed by atoms with E-state index in [0.29, 0.717) is 5.56 Å². The van der Waals surface area contributed by atoms with E-state index >= 15 is 0 Å². The SMILES string of the molecule is NCc1ccccc1C(CO)C(=O)O. The lowest BCUT2D eigenvalue weighted by atomic mass is 9.95. The van der Waals surface area contributed by atoms with Crippen LogP contribution in [0.4, 0.5) is 0 Å². The maximum Gasteiger partial charge on any atom is 0.313 e. The first kappa shape index (κ1) is 10.7. The monoisotopic (exact) mass is 195 g/mol. The van der Waals surface area contributed by atoms with Crippen LogP contribution in [0.3, 0.4) is 0 Å². The Kier molecular flexibility index (Phi) is 3.62. The van der Waals surface area contributed by atoms with E-state index in [1.54, 1.807) is 24.3 Å². The molecule has 76 valence electrons. The number of aliphatic carboxylic acids is 1. The summed E-state index contributed by atoms with van der Waals surface area (Å²) < 4.78 is 0. The lowest BCUT2D eigenvalue weighted by molar-refractivity contribution is -0.139. The van der Waals surface area contributed by atoms with E-state index in [-0.39, 0.29) is 6.54 Å². The van der Waals surface area contributed by atoms with Gasteiger partial charge in [-0.05, 0) is 11.1 Å². The van der Waals surface area contributed by atoms with Crippen LogP contribution in [0, 0.1) is 0 Å². The molecule has 0 spiro atoms. The number of carbonyl (C=O) groups is 1. The van der Waals surface area contributed by atoms with Gasteiger partial charge in [-0.3, -0.25) is 4.79 Å². The minimum absolute atomic E-state index is 0.278. The molecule has 0 saturated carbocycles. The summed E-state index contributed by atoms with van der Waals surface area (Å²) in [4.78, 5) is 10.8. The molecular formula is C10H13NO3. The van der Waals surface area contributed by atoms with Crippen LogP contribution in [0.25, 0.3) is 0 Å². The molecule has 0 bridgehead atoms. The molecule has 1 rings (SSSR count). The standard InChI is InChI=1S/C10H13NO3/c11-5-7-3-1-2-4-8(7)9(6-12)10(13)14/h1-4,9,12H,5-6,11H2,(H,13,14). The average Bonchev–Trinajstić information content (AvgIpc) is 2.19. The van der Waals surface area contributed by atoms with Crippen molar-refractivity contribution in [3.63, 3.8) is 0 Å². The number of nitrogens with two attached hydrogens (primary N) is 1. The zero-order valence-electron chi connectivity index (χ0n) is 7.68. The first-order valence-electron chi connectivity index (χ1n) is 4.32. The predicted octanol–water partition coefficient (Wildman–Crippen LogP) is 0.306. The Bertz CT molecular complexity index is 325. The highest BCUT2D eigenvalue weighted by atomic mass is 16.4. The molecule has 0 saturated heterocycles. The van der Waals surface area contributed by atoms with Crippen LogP contribution in [-0.4, -0.2) is 22.8 Å². The molecule has 0 aromatic heterocycles. The Morgan fingerprint density at radius 2 is 2.07 bits per heavy atom. The van der Waals surface area contributed by atoms with Gasteiger partial charge in [-0.2, -0.15) is 0 Å². The first-order valence-corrected chi connectivity index (χ1v) is 4.32. The molecular weight excluding hydrogens is 182 g/mol. The average molecular weight is 195 g/mol. The van der Waals surface area contributed by atoms with Crippen molar-refractivity contribution in [1.29, 1.82) is 0 Å². The molecule has 1 unspecified atom stereocenters. The number of benzene rings is 1. The molecule has 1 atom stereocenters. The fourth-order valence-corrected chi connectivity index (χ4v) is 1.37. The minimum Gasteiger partial charge on any atom is -0.481 e. The molecule has 1 aromatic carbocycles. The third kappa shape index (κ3) is 2.10. The smallest absolute Gasteiger partial charge is 0.313 e. The van der Waals surface area contributed by atoms with E-state index in [9.17, 15) is 4.79 Å². The van der Waals surface area contributed by atoms with Gasteiger partial charge < -0.3 is 15.9 Å². The van der Waals surface area contributed by atoms with Crippen LogP contribution < -0.4 is 5.73 Å². The van der Waals surface area contributed by atoms with Gasteiger partial charge in [0.2, 0.25) is 0 Å². The zero-order valence-corrected chi connectivity index (χ0v) is 7.68. The van der Waals surface area contributed by atoms with Crippen molar-refractivity contribution in [2.45, 2.75) is 12.5 Å². The fraction of sp³-hybridized carbons (Fsp3) is 0.300. The molecule has 0 amide bonds. The van der Waals surface area contributed by atoms with Crippen LogP contribution in [0.1, 0.15) is 17.0 Å². The molecule has 14 heavy (non-hydrogen) atoms.